The molecule has 0 spiro atoms. The zero-order valence-electron chi connectivity index (χ0n) is 20.7. The Morgan fingerprint density at radius 3 is 1.97 bits per heavy atom. The minimum Gasteiger partial charge on any atom is -0.465 e. The monoisotopic (exact) mass is 536 g/mol. The molecule has 192 valence electrons. The molecule has 3 aliphatic carbocycles. The first-order valence-electron chi connectivity index (χ1n) is 12.6. The number of halogens is 1. The summed E-state index contributed by atoms with van der Waals surface area (Å²) in [4.78, 5) is 39.4. The molecule has 7 nitrogen and oxygen atoms in total. The number of hydrogen-bond donors (Lipinski definition) is 0. The van der Waals surface area contributed by atoms with E-state index in [1.807, 2.05) is 24.3 Å². The number of imide groups is 1. The predicted molar refractivity (Wildman–Crippen MR) is 143 cm³/mol. The maximum absolute atomic E-state index is 13.7. The lowest BCUT2D eigenvalue weighted by Crippen LogP contribution is -2.41. The molecule has 0 unspecified atom stereocenters. The highest BCUT2D eigenvalue weighted by Gasteiger charge is 2.61. The Morgan fingerprint density at radius 2 is 1.44 bits per heavy atom. The molecule has 4 aromatic rings. The average molecular weight is 537 g/mol. The molecule has 0 radical (unpaired) electrons. The van der Waals surface area contributed by atoms with Crippen LogP contribution < -0.4 is 0 Å². The third-order valence-electron chi connectivity index (χ3n) is 8.01. The summed E-state index contributed by atoms with van der Waals surface area (Å²) in [6.07, 6.45) is 1.37. The quantitative estimate of drug-likeness (QED) is 0.192. The number of carbonyl (C=O) groups is 3. The van der Waals surface area contributed by atoms with Crippen molar-refractivity contribution in [2.45, 2.75) is 11.8 Å². The molecule has 2 atom stereocenters. The van der Waals surface area contributed by atoms with Gasteiger partial charge in [-0.15, -0.1) is 0 Å². The van der Waals surface area contributed by atoms with Crippen LogP contribution in [-0.2, 0) is 14.3 Å². The maximum Gasteiger partial charge on any atom is 0.339 e. The number of hydrogen-bond acceptors (Lipinski definition) is 6. The highest BCUT2D eigenvalue weighted by molar-refractivity contribution is 6.33. The summed E-state index contributed by atoms with van der Waals surface area (Å²) >= 11 is 6.13. The Bertz CT molecular complexity index is 1610. The van der Waals surface area contributed by atoms with Gasteiger partial charge in [0, 0.05) is 17.4 Å². The molecule has 0 N–H and O–H groups in total. The topological polar surface area (TPSA) is 89.2 Å². The van der Waals surface area contributed by atoms with E-state index in [0.717, 1.165) is 27.3 Å². The Kier molecular flexibility index (Phi) is 5.32. The van der Waals surface area contributed by atoms with Gasteiger partial charge in [-0.3, -0.25) is 9.59 Å². The first kappa shape index (κ1) is 23.6. The second kappa shape index (κ2) is 8.78. The summed E-state index contributed by atoms with van der Waals surface area (Å²) in [5.74, 6) is -1.70. The van der Waals surface area contributed by atoms with Crippen LogP contribution in [0.5, 0.6) is 0 Å². The summed E-state index contributed by atoms with van der Waals surface area (Å²) in [5, 5.41) is 5.58. The van der Waals surface area contributed by atoms with Crippen LogP contribution >= 0.6 is 11.6 Å². The Hall–Kier alpha value is -4.49. The van der Waals surface area contributed by atoms with Gasteiger partial charge >= 0.3 is 5.97 Å². The zero-order chi connectivity index (χ0) is 26.8. The third kappa shape index (κ3) is 3.43. The molecule has 1 aliphatic heterocycles. The molecule has 2 heterocycles. The molecule has 8 heteroatoms. The number of esters is 1. The minimum absolute atomic E-state index is 0.187. The third-order valence-corrected chi connectivity index (χ3v) is 8.34. The molecule has 2 amide bonds. The number of amides is 2. The lowest BCUT2D eigenvalue weighted by molar-refractivity contribution is -0.139. The first-order chi connectivity index (χ1) is 19.0. The highest BCUT2D eigenvalue weighted by Crippen LogP contribution is 2.60. The number of hydrazone groups is 1. The van der Waals surface area contributed by atoms with E-state index in [4.69, 9.17) is 20.8 Å². The van der Waals surface area contributed by atoms with Crippen LogP contribution in [0.1, 0.15) is 50.2 Å². The van der Waals surface area contributed by atoms with E-state index in [-0.39, 0.29) is 34.2 Å². The Labute approximate surface area is 228 Å². The van der Waals surface area contributed by atoms with Crippen molar-refractivity contribution in [1.29, 1.82) is 0 Å². The largest absolute Gasteiger partial charge is 0.465 e. The molecule has 3 aromatic carbocycles. The summed E-state index contributed by atoms with van der Waals surface area (Å²) in [6.45, 7) is 0. The predicted octanol–water partition coefficient (Wildman–Crippen LogP) is 5.61. The summed E-state index contributed by atoms with van der Waals surface area (Å²) in [5.41, 5.74) is 5.28. The van der Waals surface area contributed by atoms with Crippen molar-refractivity contribution in [3.05, 3.63) is 117 Å². The fourth-order valence-electron chi connectivity index (χ4n) is 6.41. The number of benzene rings is 3. The fraction of sp³-hybridized carbons (Fsp3) is 0.161. The van der Waals surface area contributed by atoms with Gasteiger partial charge in [-0.1, -0.05) is 60.1 Å². The van der Waals surface area contributed by atoms with E-state index in [2.05, 4.69) is 29.4 Å². The van der Waals surface area contributed by atoms with Crippen molar-refractivity contribution in [2.75, 3.05) is 7.11 Å². The zero-order valence-corrected chi connectivity index (χ0v) is 21.5. The van der Waals surface area contributed by atoms with Crippen LogP contribution in [0.25, 0.3) is 11.3 Å². The second-order valence-corrected chi connectivity index (χ2v) is 10.3. The summed E-state index contributed by atoms with van der Waals surface area (Å²) in [6, 6.07) is 24.5. The number of methoxy groups -OCH3 is 1. The molecule has 2 bridgehead atoms. The van der Waals surface area contributed by atoms with Gasteiger partial charge < -0.3 is 9.15 Å². The van der Waals surface area contributed by atoms with Crippen molar-refractivity contribution in [3.8, 4) is 11.3 Å². The summed E-state index contributed by atoms with van der Waals surface area (Å²) in [7, 11) is 1.28. The van der Waals surface area contributed by atoms with Gasteiger partial charge in [0.05, 0.1) is 35.7 Å². The van der Waals surface area contributed by atoms with Gasteiger partial charge in [-0.2, -0.15) is 10.1 Å². The molecule has 0 saturated carbocycles. The van der Waals surface area contributed by atoms with Crippen molar-refractivity contribution >= 4 is 35.6 Å². The van der Waals surface area contributed by atoms with Gasteiger partial charge in [0.15, 0.2) is 0 Å². The van der Waals surface area contributed by atoms with Gasteiger partial charge in [0.25, 0.3) is 11.8 Å². The van der Waals surface area contributed by atoms with E-state index >= 15 is 0 Å². The van der Waals surface area contributed by atoms with E-state index < -0.39 is 17.8 Å². The molecule has 1 aromatic heterocycles. The van der Waals surface area contributed by atoms with Crippen molar-refractivity contribution in [3.63, 3.8) is 0 Å². The first-order valence-corrected chi connectivity index (χ1v) is 12.9. The molecule has 1 fully saturated rings. The van der Waals surface area contributed by atoms with Gasteiger partial charge in [-0.05, 0) is 52.6 Å². The minimum atomic E-state index is -0.555. The van der Waals surface area contributed by atoms with Crippen molar-refractivity contribution in [2.24, 2.45) is 16.9 Å². The smallest absolute Gasteiger partial charge is 0.339 e. The number of ether oxygens (including phenoxy) is 1. The van der Waals surface area contributed by atoms with Crippen molar-refractivity contribution in [1.82, 2.24) is 5.01 Å². The fourth-order valence-corrected chi connectivity index (χ4v) is 6.61. The van der Waals surface area contributed by atoms with Crippen LogP contribution in [0.3, 0.4) is 0 Å². The molecule has 1 saturated heterocycles. The molecule has 8 rings (SSSR count). The number of furan rings is 1. The normalized spacial score (nSPS) is 22.7. The second-order valence-electron chi connectivity index (χ2n) is 9.89. The lowest BCUT2D eigenvalue weighted by atomic mass is 9.55. The van der Waals surface area contributed by atoms with Crippen LogP contribution in [-0.4, -0.2) is 36.1 Å². The number of carbonyl (C=O) groups excluding carboxylic acids is 3. The number of rotatable bonds is 4. The summed E-state index contributed by atoms with van der Waals surface area (Å²) < 4.78 is 10.7. The highest BCUT2D eigenvalue weighted by atomic mass is 35.5. The Balaban J connectivity index is 1.20. The van der Waals surface area contributed by atoms with Gasteiger partial charge in [0.1, 0.15) is 11.5 Å². The van der Waals surface area contributed by atoms with Gasteiger partial charge in [0.2, 0.25) is 0 Å². The number of nitrogens with zero attached hydrogens (tertiary/aromatic N) is 2. The van der Waals surface area contributed by atoms with Crippen LogP contribution in [0.4, 0.5) is 0 Å². The van der Waals surface area contributed by atoms with Crippen LogP contribution in [0.15, 0.2) is 88.4 Å². The maximum atomic E-state index is 13.7. The van der Waals surface area contributed by atoms with E-state index in [1.54, 1.807) is 30.3 Å². The average Bonchev–Trinajstić information content (AvgIpc) is 3.54. The SMILES string of the molecule is COC(=O)c1cc(-c2ccc(/C=N\N3C(=O)[C@H]4C5c6ccccc6C(c6ccccc65)[C@@H]4C3=O)o2)ccc1Cl. The molecule has 4 aliphatic rings. The molecule has 39 heavy (non-hydrogen) atoms. The van der Waals surface area contributed by atoms with E-state index in [0.29, 0.717) is 17.1 Å². The van der Waals surface area contributed by atoms with E-state index in [9.17, 15) is 14.4 Å². The van der Waals surface area contributed by atoms with Crippen molar-refractivity contribution < 1.29 is 23.5 Å². The standard InChI is InChI=1S/C31H21ClN2O5/c1-38-31(37)22-14-16(10-12-23(22)32)24-13-11-17(39-24)15-33-34-29(35)27-25-18-6-2-3-7-19(18)26(28(27)30(34)36)21-9-5-4-8-20(21)25/h2-15,25-28H,1H3/b33-15-/t25?,26?,27-,28-/m0/s1. The Morgan fingerprint density at radius 1 is 0.872 bits per heavy atom. The molecular weight excluding hydrogens is 516 g/mol. The van der Waals surface area contributed by atoms with E-state index in [1.165, 1.54) is 13.3 Å². The van der Waals surface area contributed by atoms with Crippen LogP contribution in [0.2, 0.25) is 5.02 Å². The van der Waals surface area contributed by atoms with Crippen LogP contribution in [0, 0.1) is 11.8 Å². The van der Waals surface area contributed by atoms with Gasteiger partial charge in [-0.25, -0.2) is 4.79 Å². The molecular formula is C31H21ClN2O5. The lowest BCUT2D eigenvalue weighted by Gasteiger charge is -2.45.